The summed E-state index contributed by atoms with van der Waals surface area (Å²) in [5.41, 5.74) is 0. The third-order valence-corrected chi connectivity index (χ3v) is 10.6. The molecule has 0 spiro atoms. The SMILES string of the molecule is CCCCCCCCCCCCSO[PH](O)(O)SCCCCCCCCCCCC. The molecule has 0 fully saturated rings. The van der Waals surface area contributed by atoms with Crippen LogP contribution in [0.15, 0.2) is 0 Å². The Bertz CT molecular complexity index is 334. The molecule has 2 N–H and O–H groups in total. The number of unbranched alkanes of at least 4 members (excludes halogenated alkanes) is 18. The average molecular weight is 485 g/mol. The van der Waals surface area contributed by atoms with Gasteiger partial charge in [-0.3, -0.25) is 0 Å². The minimum absolute atomic E-state index is 0.800. The van der Waals surface area contributed by atoms with Gasteiger partial charge < -0.3 is 0 Å². The summed E-state index contributed by atoms with van der Waals surface area (Å²) in [5.74, 6) is 1.67. The molecule has 0 aliphatic heterocycles. The van der Waals surface area contributed by atoms with Gasteiger partial charge in [-0.15, -0.1) is 0 Å². The van der Waals surface area contributed by atoms with E-state index in [0.717, 1.165) is 24.3 Å². The molecule has 0 aliphatic rings. The molecule has 0 aromatic heterocycles. The molecule has 3 nitrogen and oxygen atoms in total. The molecule has 0 rings (SSSR count). The first-order valence-corrected chi connectivity index (χ1v) is 17.4. The third-order valence-electron chi connectivity index (χ3n) is 5.54. The average Bonchev–Trinajstić information content (AvgIpc) is 2.72. The Morgan fingerprint density at radius 2 is 0.833 bits per heavy atom. The molecule has 0 aromatic rings. The predicted octanol–water partition coefficient (Wildman–Crippen LogP) is 9.62. The fraction of sp³-hybridized carbons (Fsp3) is 1.00. The van der Waals surface area contributed by atoms with Crippen molar-refractivity contribution in [2.24, 2.45) is 0 Å². The van der Waals surface area contributed by atoms with Crippen molar-refractivity contribution in [1.82, 2.24) is 0 Å². The van der Waals surface area contributed by atoms with Crippen molar-refractivity contribution in [3.8, 4) is 0 Å². The Hall–Kier alpha value is 1.01. The van der Waals surface area contributed by atoms with Gasteiger partial charge in [0, 0.05) is 0 Å². The van der Waals surface area contributed by atoms with E-state index >= 15 is 0 Å². The van der Waals surface area contributed by atoms with Crippen molar-refractivity contribution >= 4 is 30.6 Å². The van der Waals surface area contributed by atoms with Crippen molar-refractivity contribution in [2.45, 2.75) is 142 Å². The molecule has 0 saturated carbocycles. The van der Waals surface area contributed by atoms with Crippen LogP contribution >= 0.6 is 30.6 Å². The van der Waals surface area contributed by atoms with Crippen molar-refractivity contribution in [2.75, 3.05) is 11.5 Å². The van der Waals surface area contributed by atoms with Crippen LogP contribution in [0.3, 0.4) is 0 Å². The summed E-state index contributed by atoms with van der Waals surface area (Å²) in [5, 5.41) is 0. The second kappa shape index (κ2) is 24.6. The summed E-state index contributed by atoms with van der Waals surface area (Å²) in [6.45, 7) is 4.52. The van der Waals surface area contributed by atoms with Gasteiger partial charge in [-0.1, -0.05) is 20.3 Å². The van der Waals surface area contributed by atoms with Crippen molar-refractivity contribution < 1.29 is 13.8 Å². The summed E-state index contributed by atoms with van der Waals surface area (Å²) in [7, 11) is -3.52. The molecular formula is C24H53O3PS2. The molecule has 0 heterocycles. The van der Waals surface area contributed by atoms with E-state index in [4.69, 9.17) is 3.97 Å². The van der Waals surface area contributed by atoms with E-state index in [2.05, 4.69) is 13.8 Å². The standard InChI is InChI=1S/C24H53O3PS2/c1-3-5-7-9-11-13-15-17-19-21-23-29-27-28(25,26)30-24-22-20-18-16-14-12-10-8-6-4-2/h25-26,28H,3-24H2,1-2H3. The van der Waals surface area contributed by atoms with Crippen LogP contribution in [0.5, 0.6) is 0 Å². The van der Waals surface area contributed by atoms with Gasteiger partial charge >= 0.3 is 178 Å². The minimum atomic E-state index is -3.52. The first kappa shape index (κ1) is 31.0. The van der Waals surface area contributed by atoms with Gasteiger partial charge in [-0.2, -0.15) is 0 Å². The summed E-state index contributed by atoms with van der Waals surface area (Å²) in [4.78, 5) is 20.1. The van der Waals surface area contributed by atoms with Crippen molar-refractivity contribution in [3.63, 3.8) is 0 Å². The van der Waals surface area contributed by atoms with Gasteiger partial charge in [0.25, 0.3) is 0 Å². The molecule has 0 atom stereocenters. The molecule has 30 heavy (non-hydrogen) atoms. The fourth-order valence-corrected chi connectivity index (χ4v) is 7.76. The van der Waals surface area contributed by atoms with Crippen LogP contribution in [-0.4, -0.2) is 21.3 Å². The molecule has 0 aliphatic carbocycles. The van der Waals surface area contributed by atoms with Gasteiger partial charge in [-0.05, 0) is 0 Å². The van der Waals surface area contributed by atoms with Crippen LogP contribution in [0.25, 0.3) is 0 Å². The van der Waals surface area contributed by atoms with E-state index in [1.54, 1.807) is 0 Å². The van der Waals surface area contributed by atoms with E-state index in [1.807, 2.05) is 0 Å². The Labute approximate surface area is 197 Å². The van der Waals surface area contributed by atoms with Gasteiger partial charge in [0.2, 0.25) is 0 Å². The molecule has 184 valence electrons. The van der Waals surface area contributed by atoms with Gasteiger partial charge in [0.1, 0.15) is 0 Å². The molecule has 0 saturated heterocycles. The van der Waals surface area contributed by atoms with Crippen molar-refractivity contribution in [3.05, 3.63) is 0 Å². The first-order chi connectivity index (χ1) is 14.6. The summed E-state index contributed by atoms with van der Waals surface area (Å²) in [6.07, 6.45) is 26.3. The molecule has 0 radical (unpaired) electrons. The molecule has 0 unspecified atom stereocenters. The fourth-order valence-electron chi connectivity index (χ4n) is 3.59. The quantitative estimate of drug-likeness (QED) is 0.0767. The number of rotatable bonds is 25. The van der Waals surface area contributed by atoms with Crippen LogP contribution in [-0.2, 0) is 3.97 Å². The molecule has 0 amide bonds. The van der Waals surface area contributed by atoms with Crippen molar-refractivity contribution in [1.29, 1.82) is 0 Å². The second-order valence-corrected chi connectivity index (χ2v) is 14.2. The summed E-state index contributed by atoms with van der Waals surface area (Å²) < 4.78 is 5.33. The van der Waals surface area contributed by atoms with Gasteiger partial charge in [0.05, 0.1) is 0 Å². The second-order valence-electron chi connectivity index (χ2n) is 8.67. The van der Waals surface area contributed by atoms with Crippen LogP contribution in [0.1, 0.15) is 142 Å². The van der Waals surface area contributed by atoms with E-state index < -0.39 is 7.15 Å². The molecule has 0 bridgehead atoms. The Kier molecular flexibility index (Phi) is 25.5. The van der Waals surface area contributed by atoms with E-state index in [1.165, 1.54) is 139 Å². The zero-order valence-corrected chi connectivity index (χ0v) is 22.8. The van der Waals surface area contributed by atoms with Crippen LogP contribution in [0.4, 0.5) is 0 Å². The Morgan fingerprint density at radius 3 is 1.23 bits per heavy atom. The van der Waals surface area contributed by atoms with E-state index in [-0.39, 0.29) is 0 Å². The monoisotopic (exact) mass is 484 g/mol. The predicted molar refractivity (Wildman–Crippen MR) is 142 cm³/mol. The third kappa shape index (κ3) is 25.3. The number of hydrogen-bond donors (Lipinski definition) is 2. The van der Waals surface area contributed by atoms with Crippen LogP contribution in [0.2, 0.25) is 0 Å². The van der Waals surface area contributed by atoms with Crippen LogP contribution in [0, 0.1) is 0 Å². The zero-order valence-electron chi connectivity index (χ0n) is 20.2. The first-order valence-electron chi connectivity index (χ1n) is 13.0. The maximum atomic E-state index is 10.0. The van der Waals surface area contributed by atoms with Crippen LogP contribution < -0.4 is 0 Å². The summed E-state index contributed by atoms with van der Waals surface area (Å²) in [6, 6.07) is 0. The topological polar surface area (TPSA) is 49.7 Å². The van der Waals surface area contributed by atoms with Gasteiger partial charge in [0.15, 0.2) is 0 Å². The molecular weight excluding hydrogens is 431 g/mol. The molecule has 6 heteroatoms. The smallest absolute Gasteiger partial charge is 0.0654 e. The normalized spacial score (nSPS) is 12.5. The maximum absolute atomic E-state index is 10.0. The zero-order chi connectivity index (χ0) is 22.2. The number of hydrogen-bond acceptors (Lipinski definition) is 5. The van der Waals surface area contributed by atoms with E-state index in [0.29, 0.717) is 0 Å². The Balaban J connectivity index is 3.29. The van der Waals surface area contributed by atoms with Gasteiger partial charge in [-0.25, -0.2) is 0 Å². The summed E-state index contributed by atoms with van der Waals surface area (Å²) >= 11 is 2.51. The minimum Gasteiger partial charge on any atom is -0.0654 e. The molecule has 0 aromatic carbocycles. The Morgan fingerprint density at radius 1 is 0.500 bits per heavy atom. The van der Waals surface area contributed by atoms with E-state index in [9.17, 15) is 9.79 Å².